The summed E-state index contributed by atoms with van der Waals surface area (Å²) in [6.07, 6.45) is 0. The SMILES string of the molecule is Cc1cc(Br)c2c(c1NC(=O)c1ccccc1)C(=O)c1ccccc1C2=O. The predicted molar refractivity (Wildman–Crippen MR) is 107 cm³/mol. The van der Waals surface area contributed by atoms with E-state index in [1.54, 1.807) is 61.5 Å². The molecule has 0 atom stereocenters. The molecule has 0 heterocycles. The van der Waals surface area contributed by atoms with E-state index in [1.165, 1.54) is 0 Å². The van der Waals surface area contributed by atoms with Gasteiger partial charge in [-0.15, -0.1) is 0 Å². The summed E-state index contributed by atoms with van der Waals surface area (Å²) >= 11 is 3.41. The Morgan fingerprint density at radius 1 is 0.852 bits per heavy atom. The summed E-state index contributed by atoms with van der Waals surface area (Å²) in [6.45, 7) is 1.80. The van der Waals surface area contributed by atoms with Crippen molar-refractivity contribution in [1.29, 1.82) is 0 Å². The van der Waals surface area contributed by atoms with Crippen molar-refractivity contribution in [3.05, 3.63) is 98.5 Å². The fourth-order valence-electron chi connectivity index (χ4n) is 3.31. The van der Waals surface area contributed by atoms with E-state index in [-0.39, 0.29) is 28.6 Å². The smallest absolute Gasteiger partial charge is 0.255 e. The van der Waals surface area contributed by atoms with Gasteiger partial charge in [0.25, 0.3) is 5.91 Å². The van der Waals surface area contributed by atoms with Crippen molar-refractivity contribution in [3.8, 4) is 0 Å². The van der Waals surface area contributed by atoms with Crippen LogP contribution in [0.5, 0.6) is 0 Å². The fourth-order valence-corrected chi connectivity index (χ4v) is 4.03. The van der Waals surface area contributed by atoms with E-state index in [1.807, 2.05) is 6.07 Å². The molecule has 3 aromatic rings. The normalized spacial score (nSPS) is 12.4. The van der Waals surface area contributed by atoms with Gasteiger partial charge in [0, 0.05) is 21.2 Å². The van der Waals surface area contributed by atoms with Crippen LogP contribution in [0.25, 0.3) is 0 Å². The zero-order valence-electron chi connectivity index (χ0n) is 14.4. The number of benzene rings is 3. The minimum absolute atomic E-state index is 0.231. The number of amides is 1. The van der Waals surface area contributed by atoms with Crippen molar-refractivity contribution in [2.24, 2.45) is 0 Å². The Bertz CT molecular complexity index is 1120. The topological polar surface area (TPSA) is 63.2 Å². The maximum Gasteiger partial charge on any atom is 0.255 e. The highest BCUT2D eigenvalue weighted by Gasteiger charge is 2.34. The van der Waals surface area contributed by atoms with Gasteiger partial charge in [-0.1, -0.05) is 42.5 Å². The van der Waals surface area contributed by atoms with E-state index < -0.39 is 0 Å². The number of aryl methyl sites for hydroxylation is 1. The van der Waals surface area contributed by atoms with Crippen LogP contribution in [0.15, 0.2) is 65.1 Å². The lowest BCUT2D eigenvalue weighted by atomic mass is 9.82. The Morgan fingerprint density at radius 2 is 1.41 bits per heavy atom. The summed E-state index contributed by atoms with van der Waals surface area (Å²) < 4.78 is 0.542. The number of hydrogen-bond donors (Lipinski definition) is 1. The molecule has 0 aromatic heterocycles. The summed E-state index contributed by atoms with van der Waals surface area (Å²) in [5.41, 5.74) is 2.79. The van der Waals surface area contributed by atoms with E-state index in [2.05, 4.69) is 21.2 Å². The van der Waals surface area contributed by atoms with Crippen LogP contribution in [0.1, 0.15) is 47.8 Å². The minimum atomic E-state index is -0.331. The van der Waals surface area contributed by atoms with Crippen molar-refractivity contribution in [1.82, 2.24) is 0 Å². The van der Waals surface area contributed by atoms with Crippen LogP contribution in [0.2, 0.25) is 0 Å². The highest BCUT2D eigenvalue weighted by molar-refractivity contribution is 9.10. The average molecular weight is 420 g/mol. The molecule has 0 unspecified atom stereocenters. The molecule has 1 amide bonds. The van der Waals surface area contributed by atoms with Crippen molar-refractivity contribution >= 4 is 39.1 Å². The number of fused-ring (bicyclic) bond motifs is 2. The van der Waals surface area contributed by atoms with Gasteiger partial charge in [0.2, 0.25) is 0 Å². The van der Waals surface area contributed by atoms with Crippen LogP contribution < -0.4 is 5.32 Å². The Balaban J connectivity index is 1.89. The minimum Gasteiger partial charge on any atom is -0.321 e. The van der Waals surface area contributed by atoms with E-state index in [0.717, 1.165) is 0 Å². The van der Waals surface area contributed by atoms with E-state index >= 15 is 0 Å². The molecular weight excluding hydrogens is 406 g/mol. The molecular formula is C22H14BrNO3. The first kappa shape index (κ1) is 17.4. The van der Waals surface area contributed by atoms with Gasteiger partial charge in [-0.2, -0.15) is 0 Å². The third-order valence-electron chi connectivity index (χ3n) is 4.62. The fraction of sp³-hybridized carbons (Fsp3) is 0.0455. The van der Waals surface area contributed by atoms with Crippen LogP contribution >= 0.6 is 15.9 Å². The lowest BCUT2D eigenvalue weighted by Crippen LogP contribution is -2.25. The molecule has 0 aliphatic heterocycles. The van der Waals surface area contributed by atoms with Crippen LogP contribution in [0.3, 0.4) is 0 Å². The first-order valence-electron chi connectivity index (χ1n) is 8.37. The molecule has 4 nitrogen and oxygen atoms in total. The highest BCUT2D eigenvalue weighted by Crippen LogP contribution is 2.38. The third-order valence-corrected chi connectivity index (χ3v) is 5.25. The molecule has 0 saturated heterocycles. The lowest BCUT2D eigenvalue weighted by Gasteiger charge is -2.23. The molecule has 1 aliphatic rings. The van der Waals surface area contributed by atoms with Gasteiger partial charge in [0.15, 0.2) is 11.6 Å². The van der Waals surface area contributed by atoms with Crippen molar-refractivity contribution < 1.29 is 14.4 Å². The number of ketones is 2. The van der Waals surface area contributed by atoms with Gasteiger partial charge in [-0.3, -0.25) is 14.4 Å². The van der Waals surface area contributed by atoms with Crippen molar-refractivity contribution in [2.75, 3.05) is 5.32 Å². The average Bonchev–Trinajstić information content (AvgIpc) is 2.68. The molecule has 0 bridgehead atoms. The maximum atomic E-state index is 13.2. The van der Waals surface area contributed by atoms with Crippen molar-refractivity contribution in [3.63, 3.8) is 0 Å². The first-order valence-corrected chi connectivity index (χ1v) is 9.16. The Hall–Kier alpha value is -3.05. The van der Waals surface area contributed by atoms with Gasteiger partial charge in [-0.05, 0) is 46.6 Å². The molecule has 0 saturated carbocycles. The number of carbonyl (C=O) groups excluding carboxylic acids is 3. The second-order valence-corrected chi connectivity index (χ2v) is 7.18. The zero-order chi connectivity index (χ0) is 19.1. The van der Waals surface area contributed by atoms with Gasteiger partial charge >= 0.3 is 0 Å². The molecule has 1 aliphatic carbocycles. The van der Waals surface area contributed by atoms with Gasteiger partial charge in [0.05, 0.1) is 16.8 Å². The molecule has 27 heavy (non-hydrogen) atoms. The molecule has 5 heteroatoms. The standard InChI is InChI=1S/C22H14BrNO3/c1-12-11-16(23)17-18(19(12)24-22(27)13-7-3-2-4-8-13)21(26)15-10-6-5-9-14(15)20(17)25/h2-11H,1H3,(H,24,27). The van der Waals surface area contributed by atoms with Gasteiger partial charge in [0.1, 0.15) is 0 Å². The summed E-state index contributed by atoms with van der Waals surface area (Å²) in [7, 11) is 0. The van der Waals surface area contributed by atoms with E-state index in [4.69, 9.17) is 0 Å². The molecule has 1 N–H and O–H groups in total. The molecule has 132 valence electrons. The predicted octanol–water partition coefficient (Wildman–Crippen LogP) is 4.79. The summed E-state index contributed by atoms with van der Waals surface area (Å²) in [5.74, 6) is -0.836. The Labute approximate surface area is 164 Å². The second kappa shape index (κ2) is 6.59. The summed E-state index contributed by atoms with van der Waals surface area (Å²) in [4.78, 5) is 38.8. The summed E-state index contributed by atoms with van der Waals surface area (Å²) in [6, 6.07) is 17.2. The van der Waals surface area contributed by atoms with Crippen LogP contribution in [0, 0.1) is 6.92 Å². The number of anilines is 1. The largest absolute Gasteiger partial charge is 0.321 e. The Morgan fingerprint density at radius 3 is 2.04 bits per heavy atom. The lowest BCUT2D eigenvalue weighted by molar-refractivity contribution is 0.0978. The molecule has 0 spiro atoms. The number of nitrogens with one attached hydrogen (secondary N) is 1. The number of halogens is 1. The quantitative estimate of drug-likeness (QED) is 0.508. The number of rotatable bonds is 2. The number of hydrogen-bond acceptors (Lipinski definition) is 3. The monoisotopic (exact) mass is 419 g/mol. The van der Waals surface area contributed by atoms with Gasteiger partial charge < -0.3 is 5.32 Å². The second-order valence-electron chi connectivity index (χ2n) is 6.32. The van der Waals surface area contributed by atoms with Gasteiger partial charge in [-0.25, -0.2) is 0 Å². The van der Waals surface area contributed by atoms with Crippen LogP contribution in [-0.4, -0.2) is 17.5 Å². The van der Waals surface area contributed by atoms with Crippen LogP contribution in [0.4, 0.5) is 5.69 Å². The van der Waals surface area contributed by atoms with Crippen LogP contribution in [-0.2, 0) is 0 Å². The Kier molecular flexibility index (Phi) is 4.24. The van der Waals surface area contributed by atoms with Crippen molar-refractivity contribution in [2.45, 2.75) is 6.92 Å². The molecule has 0 radical (unpaired) electrons. The number of carbonyl (C=O) groups is 3. The first-order chi connectivity index (χ1) is 13.0. The highest BCUT2D eigenvalue weighted by atomic mass is 79.9. The third kappa shape index (κ3) is 2.80. The van der Waals surface area contributed by atoms with E-state index in [0.29, 0.717) is 32.4 Å². The molecule has 4 rings (SSSR count). The molecule has 3 aromatic carbocycles. The summed E-state index contributed by atoms with van der Waals surface area (Å²) in [5, 5.41) is 2.83. The maximum absolute atomic E-state index is 13.2. The zero-order valence-corrected chi connectivity index (χ0v) is 16.0. The van der Waals surface area contributed by atoms with E-state index in [9.17, 15) is 14.4 Å². The molecule has 0 fully saturated rings.